The summed E-state index contributed by atoms with van der Waals surface area (Å²) in [5.74, 6) is 0. The normalized spacial score (nSPS) is 13.1. The fourth-order valence-electron chi connectivity index (χ4n) is 1.46. The lowest BCUT2D eigenvalue weighted by Crippen LogP contribution is -2.30. The third-order valence-corrected chi connectivity index (χ3v) is 2.25. The maximum absolute atomic E-state index is 12.1. The molecule has 0 saturated carbocycles. The van der Waals surface area contributed by atoms with Crippen LogP contribution in [0.4, 0.5) is 13.2 Å². The van der Waals surface area contributed by atoms with E-state index in [-0.39, 0.29) is 0 Å². The Morgan fingerprint density at radius 2 is 2.12 bits per heavy atom. The highest BCUT2D eigenvalue weighted by Crippen LogP contribution is 2.21. The first-order valence-corrected chi connectivity index (χ1v) is 5.20. The highest BCUT2D eigenvalue weighted by Gasteiger charge is 2.29. The average Bonchev–Trinajstić information content (AvgIpc) is 2.24. The lowest BCUT2D eigenvalue weighted by molar-refractivity contribution is -0.139. The topological polar surface area (TPSA) is 35.8 Å². The Balaban J connectivity index is 2.48. The van der Waals surface area contributed by atoms with E-state index < -0.39 is 18.6 Å². The molecule has 0 spiro atoms. The molecule has 1 aromatic carbocycles. The number of benzene rings is 1. The smallest absolute Gasteiger partial charge is 0.310 e. The summed E-state index contributed by atoms with van der Waals surface area (Å²) in [5, 5.41) is 11.5. The molecule has 0 aliphatic heterocycles. The average molecular weight is 242 g/mol. The van der Waals surface area contributed by atoms with Crippen LogP contribution in [-0.4, -0.2) is 12.2 Å². The second-order valence-electron chi connectivity index (χ2n) is 3.91. The number of nitrogens with one attached hydrogen (secondary N) is 1. The van der Waals surface area contributed by atoms with Crippen molar-refractivity contribution in [3.8, 4) is 6.07 Å². The fourth-order valence-corrected chi connectivity index (χ4v) is 1.46. The highest BCUT2D eigenvalue weighted by molar-refractivity contribution is 5.32. The Bertz CT molecular complexity index is 407. The van der Waals surface area contributed by atoms with Crippen LogP contribution in [0.25, 0.3) is 0 Å². The summed E-state index contributed by atoms with van der Waals surface area (Å²) in [6.45, 7) is 1.81. The second kappa shape index (κ2) is 5.69. The maximum atomic E-state index is 12.1. The predicted molar refractivity (Wildman–Crippen MR) is 58.1 cm³/mol. The van der Waals surface area contributed by atoms with Crippen LogP contribution in [0.3, 0.4) is 0 Å². The molecule has 1 atom stereocenters. The zero-order valence-corrected chi connectivity index (χ0v) is 9.38. The first kappa shape index (κ1) is 13.5. The molecule has 0 radical (unpaired) electrons. The Hall–Kier alpha value is -1.54. The molecule has 0 fully saturated rings. The molecule has 92 valence electrons. The van der Waals surface area contributed by atoms with Crippen LogP contribution in [0.5, 0.6) is 0 Å². The Kier molecular flexibility index (Phi) is 4.53. The van der Waals surface area contributed by atoms with Crippen LogP contribution in [-0.2, 0) is 6.54 Å². The van der Waals surface area contributed by atoms with E-state index in [1.807, 2.05) is 6.07 Å². The summed E-state index contributed by atoms with van der Waals surface area (Å²) in [4.78, 5) is 0. The first-order valence-electron chi connectivity index (χ1n) is 5.20. The zero-order chi connectivity index (χ0) is 12.9. The summed E-state index contributed by atoms with van der Waals surface area (Å²) in [5.41, 5.74) is 1.31. The minimum atomic E-state index is -4.15. The van der Waals surface area contributed by atoms with Crippen LogP contribution in [0, 0.1) is 11.3 Å². The molecule has 17 heavy (non-hydrogen) atoms. The molecular weight excluding hydrogens is 229 g/mol. The number of halogens is 3. The minimum absolute atomic E-state index is 0.326. The molecule has 2 nitrogen and oxygen atoms in total. The Morgan fingerprint density at radius 3 is 2.71 bits per heavy atom. The second-order valence-corrected chi connectivity index (χ2v) is 3.91. The van der Waals surface area contributed by atoms with Gasteiger partial charge in [0.1, 0.15) is 0 Å². The van der Waals surface area contributed by atoms with E-state index in [1.54, 1.807) is 24.3 Å². The van der Waals surface area contributed by atoms with Crippen LogP contribution < -0.4 is 5.32 Å². The van der Waals surface area contributed by atoms with Gasteiger partial charge in [-0.1, -0.05) is 12.1 Å². The van der Waals surface area contributed by atoms with Crippen molar-refractivity contribution in [2.45, 2.75) is 32.1 Å². The number of rotatable bonds is 4. The number of nitrogens with zero attached hydrogens (tertiary/aromatic N) is 1. The predicted octanol–water partition coefficient (Wildman–Crippen LogP) is 2.99. The summed E-state index contributed by atoms with van der Waals surface area (Å²) < 4.78 is 36.2. The third-order valence-electron chi connectivity index (χ3n) is 2.25. The van der Waals surface area contributed by atoms with E-state index in [0.29, 0.717) is 12.1 Å². The van der Waals surface area contributed by atoms with Crippen molar-refractivity contribution >= 4 is 0 Å². The van der Waals surface area contributed by atoms with Gasteiger partial charge in [0, 0.05) is 12.6 Å². The number of hydrogen-bond donors (Lipinski definition) is 1. The Morgan fingerprint density at radius 1 is 1.41 bits per heavy atom. The molecule has 5 heteroatoms. The summed E-state index contributed by atoms with van der Waals surface area (Å²) in [6, 6.07) is 8.15. The maximum Gasteiger partial charge on any atom is 0.390 e. The summed E-state index contributed by atoms with van der Waals surface area (Å²) >= 11 is 0. The van der Waals surface area contributed by atoms with Gasteiger partial charge in [-0.2, -0.15) is 18.4 Å². The number of hydrogen-bond acceptors (Lipinski definition) is 2. The minimum Gasteiger partial charge on any atom is -0.310 e. The van der Waals surface area contributed by atoms with Crippen molar-refractivity contribution in [2.24, 2.45) is 0 Å². The van der Waals surface area contributed by atoms with Gasteiger partial charge in [0.05, 0.1) is 18.1 Å². The van der Waals surface area contributed by atoms with E-state index in [4.69, 9.17) is 5.26 Å². The fraction of sp³-hybridized carbons (Fsp3) is 0.417. The SMILES string of the molecule is CC(CC(F)(F)F)NCc1cccc(C#N)c1. The van der Waals surface area contributed by atoms with E-state index in [1.165, 1.54) is 6.92 Å². The van der Waals surface area contributed by atoms with Gasteiger partial charge in [-0.05, 0) is 24.6 Å². The number of nitriles is 1. The van der Waals surface area contributed by atoms with Crippen LogP contribution in [0.1, 0.15) is 24.5 Å². The van der Waals surface area contributed by atoms with E-state index in [9.17, 15) is 13.2 Å². The quantitative estimate of drug-likeness (QED) is 0.881. The first-order chi connectivity index (χ1) is 7.90. The van der Waals surface area contributed by atoms with Crippen LogP contribution >= 0.6 is 0 Å². The largest absolute Gasteiger partial charge is 0.390 e. The van der Waals surface area contributed by atoms with E-state index >= 15 is 0 Å². The molecule has 0 saturated heterocycles. The van der Waals surface area contributed by atoms with Crippen molar-refractivity contribution in [1.82, 2.24) is 5.32 Å². The molecule has 1 rings (SSSR count). The third kappa shape index (κ3) is 5.36. The molecule has 1 N–H and O–H groups in total. The van der Waals surface area contributed by atoms with Gasteiger partial charge < -0.3 is 5.32 Å². The monoisotopic (exact) mass is 242 g/mol. The van der Waals surface area contributed by atoms with Gasteiger partial charge in [-0.25, -0.2) is 0 Å². The lowest BCUT2D eigenvalue weighted by Gasteiger charge is -2.15. The molecule has 0 amide bonds. The van der Waals surface area contributed by atoms with Crippen molar-refractivity contribution < 1.29 is 13.2 Å². The standard InChI is InChI=1S/C12H13F3N2/c1-9(6-12(13,14)15)17-8-11-4-2-3-10(5-11)7-16/h2-5,9,17H,6,8H2,1H3. The van der Waals surface area contributed by atoms with Crippen molar-refractivity contribution in [1.29, 1.82) is 5.26 Å². The van der Waals surface area contributed by atoms with Gasteiger partial charge in [-0.15, -0.1) is 0 Å². The van der Waals surface area contributed by atoms with Gasteiger partial charge in [0.2, 0.25) is 0 Å². The molecule has 1 aromatic rings. The van der Waals surface area contributed by atoms with Crippen molar-refractivity contribution in [3.63, 3.8) is 0 Å². The van der Waals surface area contributed by atoms with Crippen LogP contribution in [0.15, 0.2) is 24.3 Å². The molecular formula is C12H13F3N2. The van der Waals surface area contributed by atoms with Gasteiger partial charge in [0.25, 0.3) is 0 Å². The zero-order valence-electron chi connectivity index (χ0n) is 9.38. The van der Waals surface area contributed by atoms with Gasteiger partial charge in [-0.3, -0.25) is 0 Å². The van der Waals surface area contributed by atoms with E-state index in [2.05, 4.69) is 5.32 Å². The molecule has 1 unspecified atom stereocenters. The Labute approximate surface area is 98.1 Å². The summed E-state index contributed by atoms with van der Waals surface area (Å²) in [7, 11) is 0. The van der Waals surface area contributed by atoms with Crippen molar-refractivity contribution in [2.75, 3.05) is 0 Å². The van der Waals surface area contributed by atoms with E-state index in [0.717, 1.165) is 5.56 Å². The van der Waals surface area contributed by atoms with Crippen LogP contribution in [0.2, 0.25) is 0 Å². The molecule has 0 bridgehead atoms. The van der Waals surface area contributed by atoms with Gasteiger partial charge in [0.15, 0.2) is 0 Å². The van der Waals surface area contributed by atoms with Gasteiger partial charge >= 0.3 is 6.18 Å². The molecule has 0 heterocycles. The molecule has 0 aliphatic rings. The molecule has 0 aromatic heterocycles. The summed E-state index contributed by atoms with van der Waals surface area (Å²) in [6.07, 6.45) is -5.01. The number of alkyl halides is 3. The molecule has 0 aliphatic carbocycles. The lowest BCUT2D eigenvalue weighted by atomic mass is 10.1. The van der Waals surface area contributed by atoms with Crippen molar-refractivity contribution in [3.05, 3.63) is 35.4 Å². The highest BCUT2D eigenvalue weighted by atomic mass is 19.4.